The maximum absolute atomic E-state index is 12.9. The average Bonchev–Trinajstić information content (AvgIpc) is 3.28. The molecule has 3 amide bonds. The third-order valence-electron chi connectivity index (χ3n) is 7.24. The van der Waals surface area contributed by atoms with Crippen molar-refractivity contribution in [2.75, 3.05) is 6.54 Å². The van der Waals surface area contributed by atoms with Crippen molar-refractivity contribution in [2.45, 2.75) is 84.0 Å². The second-order valence-corrected chi connectivity index (χ2v) is 10.0. The van der Waals surface area contributed by atoms with Gasteiger partial charge in [0.1, 0.15) is 6.04 Å². The third-order valence-corrected chi connectivity index (χ3v) is 7.24. The number of carbonyl (C=O) groups is 2. The molecule has 174 valence electrons. The quantitative estimate of drug-likeness (QED) is 0.648. The third kappa shape index (κ3) is 5.25. The van der Waals surface area contributed by atoms with Crippen LogP contribution in [0.1, 0.15) is 69.9 Å². The van der Waals surface area contributed by atoms with Gasteiger partial charge in [0, 0.05) is 13.1 Å². The van der Waals surface area contributed by atoms with Crippen molar-refractivity contribution in [1.29, 1.82) is 0 Å². The lowest BCUT2D eigenvalue weighted by Crippen LogP contribution is -2.38. The Morgan fingerprint density at radius 2 is 1.69 bits per heavy atom. The first-order valence-corrected chi connectivity index (χ1v) is 12.2. The van der Waals surface area contributed by atoms with Crippen molar-refractivity contribution in [1.82, 2.24) is 15.1 Å². The Bertz CT molecular complexity index is 844. The minimum absolute atomic E-state index is 0.00121. The Kier molecular flexibility index (Phi) is 7.01. The predicted molar refractivity (Wildman–Crippen MR) is 126 cm³/mol. The van der Waals surface area contributed by atoms with Crippen LogP contribution in [0.25, 0.3) is 0 Å². The molecule has 1 saturated heterocycles. The van der Waals surface area contributed by atoms with Crippen LogP contribution < -0.4 is 11.1 Å². The lowest BCUT2D eigenvalue weighted by molar-refractivity contribution is -0.128. The van der Waals surface area contributed by atoms with E-state index in [1.54, 1.807) is 4.90 Å². The Balaban J connectivity index is 1.29. The highest BCUT2D eigenvalue weighted by Crippen LogP contribution is 2.29. The van der Waals surface area contributed by atoms with E-state index < -0.39 is 0 Å². The second-order valence-electron chi connectivity index (χ2n) is 10.0. The van der Waals surface area contributed by atoms with Gasteiger partial charge < -0.3 is 16.0 Å². The average molecular weight is 440 g/mol. The predicted octanol–water partition coefficient (Wildman–Crippen LogP) is 3.62. The van der Waals surface area contributed by atoms with Gasteiger partial charge in [-0.15, -0.1) is 0 Å². The number of urea groups is 1. The van der Waals surface area contributed by atoms with Gasteiger partial charge in [-0.2, -0.15) is 0 Å². The highest BCUT2D eigenvalue weighted by Gasteiger charge is 2.34. The van der Waals surface area contributed by atoms with Gasteiger partial charge in [-0.05, 0) is 35.8 Å². The van der Waals surface area contributed by atoms with Crippen LogP contribution in [-0.2, 0) is 17.9 Å². The number of rotatable bonds is 8. The van der Waals surface area contributed by atoms with Gasteiger partial charge in [0.25, 0.3) is 5.91 Å². The molecule has 1 aromatic rings. The molecule has 3 aliphatic rings. The van der Waals surface area contributed by atoms with Crippen molar-refractivity contribution in [2.24, 2.45) is 22.6 Å². The van der Waals surface area contributed by atoms with Crippen LogP contribution >= 0.6 is 0 Å². The van der Waals surface area contributed by atoms with E-state index in [0.717, 1.165) is 36.4 Å². The van der Waals surface area contributed by atoms with E-state index in [0.29, 0.717) is 25.0 Å². The molecule has 7 heteroatoms. The smallest absolute Gasteiger partial charge is 0.318 e. The number of aliphatic imine (C=N–C) groups is 1. The normalized spacial score (nSPS) is 24.4. The molecule has 2 aliphatic heterocycles. The van der Waals surface area contributed by atoms with Crippen LogP contribution in [-0.4, -0.2) is 46.3 Å². The van der Waals surface area contributed by atoms with E-state index >= 15 is 0 Å². The number of guanidine groups is 1. The highest BCUT2D eigenvalue weighted by atomic mass is 16.2. The van der Waals surface area contributed by atoms with E-state index in [4.69, 9.17) is 5.73 Å². The number of carbonyl (C=O) groups excluding carboxylic acids is 2. The maximum atomic E-state index is 12.9. The Labute approximate surface area is 191 Å². The van der Waals surface area contributed by atoms with Gasteiger partial charge in [0.2, 0.25) is 0 Å². The molecule has 32 heavy (non-hydrogen) atoms. The summed E-state index contributed by atoms with van der Waals surface area (Å²) in [5.74, 6) is 1.52. The van der Waals surface area contributed by atoms with Gasteiger partial charge in [0.05, 0.1) is 12.6 Å². The zero-order chi connectivity index (χ0) is 22.7. The van der Waals surface area contributed by atoms with Gasteiger partial charge >= 0.3 is 6.03 Å². The standard InChI is InChI=1S/C25H37N5O2/c1-17(2)22-16-29(25(32)28-22)14-19-8-10-20(11-9-19)15-30-23(31)21(27-24(30)26)13-12-18-6-4-3-5-7-18/h8-11,17-18,21-22H,3-7,12-16H2,1-2H3,(H2,26,27)(H,28,32)/t21?,22-/m1/s1. The number of nitrogens with zero attached hydrogens (tertiary/aromatic N) is 3. The Hall–Kier alpha value is -2.57. The zero-order valence-corrected chi connectivity index (χ0v) is 19.4. The Morgan fingerprint density at radius 1 is 1.03 bits per heavy atom. The van der Waals surface area contributed by atoms with Crippen molar-refractivity contribution in [3.8, 4) is 0 Å². The van der Waals surface area contributed by atoms with E-state index in [2.05, 4.69) is 24.2 Å². The van der Waals surface area contributed by atoms with E-state index in [-0.39, 0.29) is 24.0 Å². The molecule has 1 unspecified atom stereocenters. The van der Waals surface area contributed by atoms with E-state index in [9.17, 15) is 9.59 Å². The first-order chi connectivity index (χ1) is 15.4. The van der Waals surface area contributed by atoms with Gasteiger partial charge in [-0.1, -0.05) is 70.2 Å². The van der Waals surface area contributed by atoms with Crippen LogP contribution in [0.3, 0.4) is 0 Å². The van der Waals surface area contributed by atoms with Crippen LogP contribution in [0, 0.1) is 11.8 Å². The molecule has 0 bridgehead atoms. The van der Waals surface area contributed by atoms with Crippen molar-refractivity contribution >= 4 is 17.9 Å². The molecule has 3 N–H and O–H groups in total. The summed E-state index contributed by atoms with van der Waals surface area (Å²) >= 11 is 0. The molecule has 2 heterocycles. The summed E-state index contributed by atoms with van der Waals surface area (Å²) in [6.07, 6.45) is 8.42. The fraction of sp³-hybridized carbons (Fsp3) is 0.640. The summed E-state index contributed by atoms with van der Waals surface area (Å²) in [5, 5.41) is 3.04. The summed E-state index contributed by atoms with van der Waals surface area (Å²) in [6.45, 7) is 6.01. The molecule has 4 rings (SSSR count). The first-order valence-electron chi connectivity index (χ1n) is 12.2. The molecule has 1 saturated carbocycles. The largest absolute Gasteiger partial charge is 0.369 e. The van der Waals surface area contributed by atoms with Gasteiger partial charge in [-0.25, -0.2) is 9.79 Å². The van der Waals surface area contributed by atoms with Crippen molar-refractivity contribution < 1.29 is 9.59 Å². The number of nitrogens with two attached hydrogens (primary N) is 1. The fourth-order valence-electron chi connectivity index (χ4n) is 5.08. The monoisotopic (exact) mass is 439 g/mol. The highest BCUT2D eigenvalue weighted by molar-refractivity contribution is 6.04. The molecule has 1 aromatic carbocycles. The number of hydrogen-bond donors (Lipinski definition) is 2. The van der Waals surface area contributed by atoms with E-state index in [1.807, 2.05) is 29.2 Å². The van der Waals surface area contributed by atoms with Crippen LogP contribution in [0.4, 0.5) is 4.79 Å². The van der Waals surface area contributed by atoms with Gasteiger partial charge in [-0.3, -0.25) is 9.69 Å². The van der Waals surface area contributed by atoms with Crippen molar-refractivity contribution in [3.63, 3.8) is 0 Å². The number of amides is 3. The molecule has 1 aliphatic carbocycles. The summed E-state index contributed by atoms with van der Waals surface area (Å²) < 4.78 is 0. The molecule has 7 nitrogen and oxygen atoms in total. The summed E-state index contributed by atoms with van der Waals surface area (Å²) in [7, 11) is 0. The second kappa shape index (κ2) is 9.92. The zero-order valence-electron chi connectivity index (χ0n) is 19.4. The van der Waals surface area contributed by atoms with Crippen LogP contribution in [0.5, 0.6) is 0 Å². The maximum Gasteiger partial charge on any atom is 0.318 e. The molecular formula is C25H37N5O2. The minimum atomic E-state index is -0.321. The Morgan fingerprint density at radius 3 is 2.31 bits per heavy atom. The number of nitrogens with one attached hydrogen (secondary N) is 1. The molecule has 0 aromatic heterocycles. The SMILES string of the molecule is CC(C)[C@H]1CN(Cc2ccc(CN3C(=O)C(CCC4CCCCC4)N=C3N)cc2)C(=O)N1. The minimum Gasteiger partial charge on any atom is -0.369 e. The topological polar surface area (TPSA) is 91.0 Å². The molecule has 0 radical (unpaired) electrons. The first kappa shape index (κ1) is 22.6. The van der Waals surface area contributed by atoms with E-state index in [1.165, 1.54) is 32.1 Å². The van der Waals surface area contributed by atoms with Crippen molar-refractivity contribution in [3.05, 3.63) is 35.4 Å². The van der Waals surface area contributed by atoms with Crippen LogP contribution in [0.2, 0.25) is 0 Å². The fourth-order valence-corrected chi connectivity index (χ4v) is 5.08. The van der Waals surface area contributed by atoms with Crippen LogP contribution in [0.15, 0.2) is 29.3 Å². The number of benzene rings is 1. The lowest BCUT2D eigenvalue weighted by atomic mass is 9.85. The lowest BCUT2D eigenvalue weighted by Gasteiger charge is -2.22. The number of hydrogen-bond acceptors (Lipinski definition) is 4. The molecule has 2 atom stereocenters. The van der Waals surface area contributed by atoms with Gasteiger partial charge in [0.15, 0.2) is 5.96 Å². The summed E-state index contributed by atoms with van der Waals surface area (Å²) in [6, 6.07) is 7.96. The molecule has 0 spiro atoms. The summed E-state index contributed by atoms with van der Waals surface area (Å²) in [4.78, 5) is 33.0. The molecular weight excluding hydrogens is 402 g/mol. The summed E-state index contributed by atoms with van der Waals surface area (Å²) in [5.41, 5.74) is 8.20. The molecule has 2 fully saturated rings.